The van der Waals surface area contributed by atoms with E-state index < -0.39 is 15.5 Å². The molecule has 2 rings (SSSR count). The third-order valence-electron chi connectivity index (χ3n) is 2.09. The lowest BCUT2D eigenvalue weighted by Gasteiger charge is -2.15. The number of nitrogens with one attached hydrogen (secondary N) is 1. The van der Waals surface area contributed by atoms with Gasteiger partial charge in [0.05, 0.1) is 0 Å². The van der Waals surface area contributed by atoms with Gasteiger partial charge in [0.25, 0.3) is 0 Å². The number of rotatable bonds is 1. The highest BCUT2D eigenvalue weighted by Gasteiger charge is 2.24. The molecule has 1 heterocycles. The van der Waals surface area contributed by atoms with Crippen molar-refractivity contribution in [3.05, 3.63) is 29.8 Å². The van der Waals surface area contributed by atoms with Gasteiger partial charge in [-0.25, -0.2) is 8.42 Å². The van der Waals surface area contributed by atoms with Gasteiger partial charge in [0.2, 0.25) is 0 Å². The van der Waals surface area contributed by atoms with Crippen LogP contribution in [-0.4, -0.2) is 18.3 Å². The van der Waals surface area contributed by atoms with E-state index in [0.717, 1.165) is 11.3 Å². The van der Waals surface area contributed by atoms with Gasteiger partial charge in [-0.1, -0.05) is 18.2 Å². The zero-order chi connectivity index (χ0) is 9.47. The first-order valence-electron chi connectivity index (χ1n) is 3.86. The molecule has 0 saturated heterocycles. The summed E-state index contributed by atoms with van der Waals surface area (Å²) >= 11 is 0. The molecule has 1 aromatic rings. The summed E-state index contributed by atoms with van der Waals surface area (Å²) in [6.45, 7) is 0. The Morgan fingerprint density at radius 3 is 2.69 bits per heavy atom. The van der Waals surface area contributed by atoms with Gasteiger partial charge < -0.3 is 9.87 Å². The molecule has 1 aromatic carbocycles. The molecule has 0 bridgehead atoms. The zero-order valence-electron chi connectivity index (χ0n) is 6.73. The Morgan fingerprint density at radius 2 is 2.08 bits per heavy atom. The second-order valence-corrected chi connectivity index (χ2v) is 4.54. The molecule has 0 fully saturated rings. The van der Waals surface area contributed by atoms with Crippen molar-refractivity contribution in [3.63, 3.8) is 0 Å². The fourth-order valence-electron chi connectivity index (χ4n) is 1.44. The number of fused-ring (bicyclic) bond motifs is 1. The third-order valence-corrected chi connectivity index (χ3v) is 3.07. The van der Waals surface area contributed by atoms with Gasteiger partial charge in [0.1, 0.15) is 15.5 Å². The van der Waals surface area contributed by atoms with Crippen LogP contribution in [0.1, 0.15) is 5.56 Å². The van der Waals surface area contributed by atoms with E-state index in [4.69, 9.17) is 0 Å². The fourth-order valence-corrected chi connectivity index (χ4v) is 2.09. The minimum atomic E-state index is -4.23. The average Bonchev–Trinajstić information content (AvgIpc) is 2.45. The quantitative estimate of drug-likeness (QED) is 0.668. The normalized spacial score (nSPS) is 20.8. The Balaban J connectivity index is 2.33. The SMILES string of the molecule is O=S(=O)([O-])[C@H]1Cc2ccccc2N1. The number of para-hydroxylation sites is 1. The molecule has 0 unspecified atom stereocenters. The molecule has 0 aromatic heterocycles. The van der Waals surface area contributed by atoms with Crippen molar-refractivity contribution in [2.24, 2.45) is 0 Å². The molecule has 1 N–H and O–H groups in total. The van der Waals surface area contributed by atoms with Gasteiger partial charge in [0, 0.05) is 12.1 Å². The van der Waals surface area contributed by atoms with Gasteiger partial charge >= 0.3 is 0 Å². The number of hydrogen-bond donors (Lipinski definition) is 1. The van der Waals surface area contributed by atoms with Crippen molar-refractivity contribution in [2.75, 3.05) is 5.32 Å². The van der Waals surface area contributed by atoms with E-state index in [1.807, 2.05) is 12.1 Å². The summed E-state index contributed by atoms with van der Waals surface area (Å²) < 4.78 is 32.1. The Bertz CT molecular complexity index is 402. The van der Waals surface area contributed by atoms with Crippen LogP contribution in [0.2, 0.25) is 0 Å². The predicted molar refractivity (Wildman–Crippen MR) is 47.3 cm³/mol. The smallest absolute Gasteiger partial charge is 0.121 e. The van der Waals surface area contributed by atoms with Crippen molar-refractivity contribution in [3.8, 4) is 0 Å². The van der Waals surface area contributed by atoms with Crippen molar-refractivity contribution in [2.45, 2.75) is 11.8 Å². The molecule has 0 amide bonds. The standard InChI is InChI=1S/C8H9NO3S/c10-13(11,12)8-5-6-3-1-2-4-7(6)9-8/h1-4,8-9H,5H2,(H,10,11,12)/p-1/t8-/m0/s1. The van der Waals surface area contributed by atoms with Gasteiger partial charge in [0.15, 0.2) is 0 Å². The van der Waals surface area contributed by atoms with Crippen molar-refractivity contribution < 1.29 is 13.0 Å². The highest BCUT2D eigenvalue weighted by Crippen LogP contribution is 2.26. The molecule has 1 aliphatic heterocycles. The second-order valence-electron chi connectivity index (χ2n) is 2.99. The maximum atomic E-state index is 10.7. The van der Waals surface area contributed by atoms with Crippen LogP contribution in [0.25, 0.3) is 0 Å². The van der Waals surface area contributed by atoms with Gasteiger partial charge in [-0.15, -0.1) is 0 Å². The Hall–Kier alpha value is -1.07. The summed E-state index contributed by atoms with van der Waals surface area (Å²) in [4.78, 5) is 0. The van der Waals surface area contributed by atoms with Crippen LogP contribution >= 0.6 is 0 Å². The van der Waals surface area contributed by atoms with Gasteiger partial charge in [-0.3, -0.25) is 0 Å². The summed E-state index contributed by atoms with van der Waals surface area (Å²) in [5, 5.41) is 1.68. The fraction of sp³-hybridized carbons (Fsp3) is 0.250. The lowest BCUT2D eigenvalue weighted by atomic mass is 10.2. The molecule has 0 radical (unpaired) electrons. The molecule has 4 nitrogen and oxygen atoms in total. The molecular weight excluding hydrogens is 190 g/mol. The number of benzene rings is 1. The van der Waals surface area contributed by atoms with Crippen molar-refractivity contribution in [1.29, 1.82) is 0 Å². The van der Waals surface area contributed by atoms with Crippen molar-refractivity contribution in [1.82, 2.24) is 0 Å². The molecule has 0 aliphatic carbocycles. The van der Waals surface area contributed by atoms with Crippen LogP contribution in [0.5, 0.6) is 0 Å². The minimum Gasteiger partial charge on any atom is -0.746 e. The topological polar surface area (TPSA) is 69.2 Å². The van der Waals surface area contributed by atoms with Crippen LogP contribution in [0.4, 0.5) is 5.69 Å². The molecule has 1 atom stereocenters. The Morgan fingerprint density at radius 1 is 1.38 bits per heavy atom. The van der Waals surface area contributed by atoms with E-state index in [1.165, 1.54) is 0 Å². The van der Waals surface area contributed by atoms with Crippen LogP contribution in [0, 0.1) is 0 Å². The molecule has 0 spiro atoms. The first-order valence-corrected chi connectivity index (χ1v) is 5.33. The molecule has 5 heteroatoms. The molecule has 70 valence electrons. The third kappa shape index (κ3) is 1.52. The summed E-state index contributed by atoms with van der Waals surface area (Å²) in [6.07, 6.45) is 0.266. The molecule has 13 heavy (non-hydrogen) atoms. The Kier molecular flexibility index (Phi) is 1.78. The predicted octanol–water partition coefficient (Wildman–Crippen LogP) is 0.526. The zero-order valence-corrected chi connectivity index (χ0v) is 7.54. The monoisotopic (exact) mass is 198 g/mol. The summed E-state index contributed by atoms with van der Waals surface area (Å²) in [5.74, 6) is 0. The van der Waals surface area contributed by atoms with Crippen LogP contribution in [-0.2, 0) is 16.5 Å². The Labute approximate surface area is 76.3 Å². The largest absolute Gasteiger partial charge is 0.746 e. The molecule has 1 aliphatic rings. The van der Waals surface area contributed by atoms with E-state index in [1.54, 1.807) is 12.1 Å². The minimum absolute atomic E-state index is 0.266. The van der Waals surface area contributed by atoms with E-state index in [9.17, 15) is 13.0 Å². The van der Waals surface area contributed by atoms with Crippen LogP contribution in [0.15, 0.2) is 24.3 Å². The highest BCUT2D eigenvalue weighted by atomic mass is 32.2. The summed E-state index contributed by atoms with van der Waals surface area (Å²) in [6, 6.07) is 7.19. The molecular formula is C8H8NO3S-. The highest BCUT2D eigenvalue weighted by molar-refractivity contribution is 7.86. The first-order chi connectivity index (χ1) is 6.07. The van der Waals surface area contributed by atoms with Gasteiger partial charge in [-0.05, 0) is 11.6 Å². The van der Waals surface area contributed by atoms with Crippen molar-refractivity contribution >= 4 is 15.8 Å². The lowest BCUT2D eigenvalue weighted by Crippen LogP contribution is -2.26. The van der Waals surface area contributed by atoms with Crippen LogP contribution < -0.4 is 5.32 Å². The number of hydrogen-bond acceptors (Lipinski definition) is 4. The summed E-state index contributed by atoms with van der Waals surface area (Å²) in [5.41, 5.74) is 1.62. The molecule has 0 saturated carbocycles. The number of anilines is 1. The van der Waals surface area contributed by atoms with E-state index in [-0.39, 0.29) is 6.42 Å². The van der Waals surface area contributed by atoms with Gasteiger partial charge in [-0.2, -0.15) is 0 Å². The summed E-state index contributed by atoms with van der Waals surface area (Å²) in [7, 11) is -4.23. The van der Waals surface area contributed by atoms with E-state index in [0.29, 0.717) is 0 Å². The first kappa shape index (κ1) is 8.52. The maximum absolute atomic E-state index is 10.7. The van der Waals surface area contributed by atoms with E-state index in [2.05, 4.69) is 5.32 Å². The maximum Gasteiger partial charge on any atom is 0.121 e. The van der Waals surface area contributed by atoms with E-state index >= 15 is 0 Å². The van der Waals surface area contributed by atoms with Crippen LogP contribution in [0.3, 0.4) is 0 Å². The second kappa shape index (κ2) is 2.71. The average molecular weight is 198 g/mol. The lowest BCUT2D eigenvalue weighted by molar-refractivity contribution is 0.453.